The van der Waals surface area contributed by atoms with Crippen LogP contribution in [-0.4, -0.2) is 42.7 Å². The van der Waals surface area contributed by atoms with Gasteiger partial charge in [-0.15, -0.1) is 0 Å². The zero-order valence-electron chi connectivity index (χ0n) is 13.0. The quantitative estimate of drug-likeness (QED) is 0.762. The van der Waals surface area contributed by atoms with Crippen molar-refractivity contribution in [3.05, 3.63) is 29.6 Å². The summed E-state index contributed by atoms with van der Waals surface area (Å²) in [5, 5.41) is 1.29. The molecule has 0 radical (unpaired) electrons. The Labute approximate surface area is 137 Å². The number of rotatable bonds is 4. The van der Waals surface area contributed by atoms with Gasteiger partial charge in [0, 0.05) is 5.41 Å². The number of sulfone groups is 1. The van der Waals surface area contributed by atoms with Crippen molar-refractivity contribution >= 4 is 16.1 Å². The first-order valence-corrected chi connectivity index (χ1v) is 8.64. The number of nitrogens with zero attached hydrogens (tertiary/aromatic N) is 2. The second kappa shape index (κ2) is 8.22. The van der Waals surface area contributed by atoms with Gasteiger partial charge < -0.3 is 4.74 Å². The molecule has 6 nitrogen and oxygen atoms in total. The van der Waals surface area contributed by atoms with Crippen molar-refractivity contribution in [1.82, 2.24) is 9.97 Å². The van der Waals surface area contributed by atoms with Gasteiger partial charge in [0.25, 0.3) is 0 Å². The van der Waals surface area contributed by atoms with Gasteiger partial charge in [-0.25, -0.2) is 18.4 Å². The Morgan fingerprint density at radius 3 is 2.38 bits per heavy atom. The molecule has 0 bridgehead atoms. The summed E-state index contributed by atoms with van der Waals surface area (Å²) in [6.45, 7) is 3.17. The number of carbonyl (C=O) groups is 1. The summed E-state index contributed by atoms with van der Waals surface area (Å²) in [5.74, 6) is 0.481. The van der Waals surface area contributed by atoms with E-state index in [0.29, 0.717) is 12.0 Å². The first-order chi connectivity index (χ1) is 11.0. The number of aldehydes is 1. The van der Waals surface area contributed by atoms with Gasteiger partial charge in [-0.1, -0.05) is 13.0 Å². The minimum Gasteiger partial charge on any atom is -0.473 e. The standard InChI is InChI=1S/C9H9F3N2O2.C5H8O2S/c1-6(2-9(10,11)12)16-8-4-13-7(5-15)3-14-8;1-5-2-3-8(6,7)4-5/h3-6H,2H2,1H3;2-3,5H,4H2,1H3. The largest absolute Gasteiger partial charge is 0.473 e. The van der Waals surface area contributed by atoms with Crippen molar-refractivity contribution in [2.45, 2.75) is 32.5 Å². The molecule has 134 valence electrons. The molecule has 0 saturated heterocycles. The fraction of sp³-hybridized carbons (Fsp3) is 0.500. The van der Waals surface area contributed by atoms with Crippen LogP contribution in [0.25, 0.3) is 0 Å². The van der Waals surface area contributed by atoms with Crippen LogP contribution in [0, 0.1) is 5.92 Å². The van der Waals surface area contributed by atoms with Gasteiger partial charge in [0.2, 0.25) is 5.88 Å². The molecule has 24 heavy (non-hydrogen) atoms. The van der Waals surface area contributed by atoms with Crippen molar-refractivity contribution in [3.63, 3.8) is 0 Å². The molecular weight excluding hydrogens is 349 g/mol. The summed E-state index contributed by atoms with van der Waals surface area (Å²) < 4.78 is 61.9. The van der Waals surface area contributed by atoms with Gasteiger partial charge in [0.1, 0.15) is 11.8 Å². The maximum Gasteiger partial charge on any atom is 0.392 e. The fourth-order valence-electron chi connectivity index (χ4n) is 1.75. The van der Waals surface area contributed by atoms with Crippen molar-refractivity contribution in [2.24, 2.45) is 5.92 Å². The minimum atomic E-state index is -4.28. The van der Waals surface area contributed by atoms with E-state index in [4.69, 9.17) is 4.74 Å². The number of halogens is 3. The predicted octanol–water partition coefficient (Wildman–Crippen LogP) is 2.57. The van der Waals surface area contributed by atoms with Gasteiger partial charge in [0.15, 0.2) is 16.1 Å². The molecule has 2 heterocycles. The summed E-state index contributed by atoms with van der Waals surface area (Å²) in [5.41, 5.74) is 0.0934. The Morgan fingerprint density at radius 1 is 1.38 bits per heavy atom. The third-order valence-electron chi connectivity index (χ3n) is 2.72. The highest BCUT2D eigenvalue weighted by molar-refractivity contribution is 7.94. The van der Waals surface area contributed by atoms with Gasteiger partial charge >= 0.3 is 6.18 Å². The van der Waals surface area contributed by atoms with Crippen LogP contribution in [-0.2, 0) is 9.84 Å². The van der Waals surface area contributed by atoms with E-state index in [-0.39, 0.29) is 17.5 Å². The number of ether oxygens (including phenoxy) is 1. The molecule has 2 atom stereocenters. The van der Waals surface area contributed by atoms with Crippen molar-refractivity contribution in [2.75, 3.05) is 5.75 Å². The maximum atomic E-state index is 12.0. The molecule has 2 unspecified atom stereocenters. The van der Waals surface area contributed by atoms with Crippen molar-refractivity contribution < 1.29 is 31.1 Å². The lowest BCUT2D eigenvalue weighted by atomic mass is 10.2. The minimum absolute atomic E-state index is 0.0395. The van der Waals surface area contributed by atoms with Crippen LogP contribution in [0.5, 0.6) is 5.88 Å². The molecule has 1 aliphatic rings. The number of aromatic nitrogens is 2. The molecule has 1 aliphatic heterocycles. The molecule has 0 aromatic carbocycles. The van der Waals surface area contributed by atoms with E-state index in [9.17, 15) is 26.4 Å². The molecule has 1 aromatic heterocycles. The molecule has 2 rings (SSSR count). The third-order valence-corrected chi connectivity index (χ3v) is 4.28. The van der Waals surface area contributed by atoms with Crippen molar-refractivity contribution in [1.29, 1.82) is 0 Å². The van der Waals surface area contributed by atoms with E-state index in [2.05, 4.69) is 9.97 Å². The number of hydrogen-bond donors (Lipinski definition) is 0. The normalized spacial score (nSPS) is 20.0. The Kier molecular flexibility index (Phi) is 6.88. The zero-order valence-corrected chi connectivity index (χ0v) is 13.8. The van der Waals surface area contributed by atoms with E-state index < -0.39 is 28.5 Å². The monoisotopic (exact) mass is 366 g/mol. The molecule has 0 saturated carbocycles. The smallest absolute Gasteiger partial charge is 0.392 e. The average molecular weight is 366 g/mol. The van der Waals surface area contributed by atoms with Crippen LogP contribution in [0.3, 0.4) is 0 Å². The number of alkyl halides is 3. The molecule has 0 aliphatic carbocycles. The lowest BCUT2D eigenvalue weighted by Crippen LogP contribution is -2.22. The maximum absolute atomic E-state index is 12.0. The van der Waals surface area contributed by atoms with Gasteiger partial charge in [-0.3, -0.25) is 4.79 Å². The molecule has 10 heteroatoms. The molecular formula is C14H17F3N2O4S. The van der Waals surface area contributed by atoms with Crippen molar-refractivity contribution in [3.8, 4) is 5.88 Å². The van der Waals surface area contributed by atoms with E-state index in [1.165, 1.54) is 12.3 Å². The third kappa shape index (κ3) is 8.04. The van der Waals surface area contributed by atoms with E-state index >= 15 is 0 Å². The molecule has 0 N–H and O–H groups in total. The van der Waals surface area contributed by atoms with Crippen LogP contribution < -0.4 is 4.74 Å². The Morgan fingerprint density at radius 2 is 2.04 bits per heavy atom. The van der Waals surface area contributed by atoms with Crippen LogP contribution >= 0.6 is 0 Å². The topological polar surface area (TPSA) is 86.2 Å². The number of carbonyl (C=O) groups excluding carboxylic acids is 1. The highest BCUT2D eigenvalue weighted by atomic mass is 32.2. The lowest BCUT2D eigenvalue weighted by Gasteiger charge is -2.15. The summed E-state index contributed by atoms with van der Waals surface area (Å²) in [6.07, 6.45) is -1.96. The number of hydrogen-bond acceptors (Lipinski definition) is 6. The Bertz CT molecular complexity index is 672. The first kappa shape index (κ1) is 20.1. The van der Waals surface area contributed by atoms with Gasteiger partial charge in [0.05, 0.1) is 24.6 Å². The summed E-state index contributed by atoms with van der Waals surface area (Å²) in [7, 11) is -2.78. The molecule has 1 aromatic rings. The van der Waals surface area contributed by atoms with Crippen LogP contribution in [0.2, 0.25) is 0 Å². The molecule has 0 amide bonds. The van der Waals surface area contributed by atoms with E-state index in [1.54, 1.807) is 6.08 Å². The Hall–Kier alpha value is -1.97. The fourth-order valence-corrected chi connectivity index (χ4v) is 3.22. The summed E-state index contributed by atoms with van der Waals surface area (Å²) in [4.78, 5) is 17.5. The van der Waals surface area contributed by atoms with E-state index in [0.717, 1.165) is 12.4 Å². The average Bonchev–Trinajstić information content (AvgIpc) is 2.75. The summed E-state index contributed by atoms with van der Waals surface area (Å²) >= 11 is 0. The second-order valence-corrected chi connectivity index (χ2v) is 7.21. The lowest BCUT2D eigenvalue weighted by molar-refractivity contribution is -0.149. The van der Waals surface area contributed by atoms with Crippen LogP contribution in [0.4, 0.5) is 13.2 Å². The predicted molar refractivity (Wildman–Crippen MR) is 80.3 cm³/mol. The summed E-state index contributed by atoms with van der Waals surface area (Å²) in [6, 6.07) is 0. The second-order valence-electron chi connectivity index (χ2n) is 5.28. The molecule has 0 spiro atoms. The highest BCUT2D eigenvalue weighted by Crippen LogP contribution is 2.23. The Balaban J connectivity index is 0.000000300. The number of allylic oxidation sites excluding steroid dienone is 1. The SMILES string of the molecule is CC(CC(F)(F)F)Oc1cnc(C=O)cn1.CC1C=CS(=O)(=O)C1. The molecule has 0 fully saturated rings. The van der Waals surface area contributed by atoms with Crippen LogP contribution in [0.15, 0.2) is 23.9 Å². The van der Waals surface area contributed by atoms with Crippen LogP contribution in [0.1, 0.15) is 30.8 Å². The highest BCUT2D eigenvalue weighted by Gasteiger charge is 2.31. The van der Waals surface area contributed by atoms with Gasteiger partial charge in [-0.05, 0) is 12.8 Å². The first-order valence-electron chi connectivity index (χ1n) is 6.92. The van der Waals surface area contributed by atoms with Gasteiger partial charge in [-0.2, -0.15) is 13.2 Å². The van der Waals surface area contributed by atoms with E-state index in [1.807, 2.05) is 6.92 Å². The zero-order chi connectivity index (χ0) is 18.4.